The summed E-state index contributed by atoms with van der Waals surface area (Å²) >= 11 is 0. The van der Waals surface area contributed by atoms with Crippen LogP contribution in [0.4, 0.5) is 0 Å². The van der Waals surface area contributed by atoms with E-state index in [0.29, 0.717) is 6.42 Å². The van der Waals surface area contributed by atoms with Gasteiger partial charge in [-0.2, -0.15) is 0 Å². The molecule has 8 nitrogen and oxygen atoms in total. The van der Waals surface area contributed by atoms with Gasteiger partial charge in [-0.3, -0.25) is 19.2 Å². The highest BCUT2D eigenvalue weighted by atomic mass is 16.5. The van der Waals surface area contributed by atoms with Gasteiger partial charge in [-0.15, -0.1) is 0 Å². The molecule has 0 saturated carbocycles. The number of amides is 3. The number of hydrogen-bond donors (Lipinski definition) is 2. The summed E-state index contributed by atoms with van der Waals surface area (Å²) in [6.45, 7) is 5.43. The van der Waals surface area contributed by atoms with Crippen molar-refractivity contribution in [3.63, 3.8) is 0 Å². The quantitative estimate of drug-likeness (QED) is 0.528. The average Bonchev–Trinajstić information content (AvgIpc) is 2.68. The van der Waals surface area contributed by atoms with Crippen LogP contribution in [0.25, 0.3) is 6.08 Å². The lowest BCUT2D eigenvalue weighted by molar-refractivity contribution is -0.154. The normalized spacial score (nSPS) is 17.9. The van der Waals surface area contributed by atoms with Gasteiger partial charge < -0.3 is 20.3 Å². The highest BCUT2D eigenvalue weighted by Gasteiger charge is 2.36. The molecule has 29 heavy (non-hydrogen) atoms. The fourth-order valence-corrected chi connectivity index (χ4v) is 2.89. The monoisotopic (exact) mass is 401 g/mol. The third-order valence-electron chi connectivity index (χ3n) is 4.51. The smallest absolute Gasteiger partial charge is 0.308 e. The van der Waals surface area contributed by atoms with Crippen LogP contribution in [0.3, 0.4) is 0 Å². The topological polar surface area (TPSA) is 105 Å². The van der Waals surface area contributed by atoms with Crippen LogP contribution in [-0.2, 0) is 23.9 Å². The third-order valence-corrected chi connectivity index (χ3v) is 4.51. The maximum absolute atomic E-state index is 13.2. The van der Waals surface area contributed by atoms with Crippen molar-refractivity contribution < 1.29 is 23.9 Å². The molecule has 1 aliphatic heterocycles. The molecule has 0 spiro atoms. The number of rotatable bonds is 7. The Kier molecular flexibility index (Phi) is 7.94. The minimum atomic E-state index is -0.999. The Morgan fingerprint density at radius 1 is 1.31 bits per heavy atom. The van der Waals surface area contributed by atoms with E-state index >= 15 is 0 Å². The Bertz CT molecular complexity index is 791. The molecule has 0 aromatic heterocycles. The third kappa shape index (κ3) is 6.44. The summed E-state index contributed by atoms with van der Waals surface area (Å²) in [4.78, 5) is 50.7. The SMILES string of the molecule is CCC(C)OC(=O)CC1C(=O)NCCN1C(=O)/C(=C\c1ccccc1)NC(C)=O. The number of carbonyl (C=O) groups is 4. The van der Waals surface area contributed by atoms with Crippen LogP contribution in [0.2, 0.25) is 0 Å². The molecule has 0 bridgehead atoms. The maximum Gasteiger partial charge on any atom is 0.308 e. The molecule has 1 heterocycles. The molecule has 1 saturated heterocycles. The second kappa shape index (κ2) is 10.4. The van der Waals surface area contributed by atoms with Gasteiger partial charge in [0.15, 0.2) is 0 Å². The summed E-state index contributed by atoms with van der Waals surface area (Å²) in [7, 11) is 0. The van der Waals surface area contributed by atoms with Crippen molar-refractivity contribution in [1.82, 2.24) is 15.5 Å². The van der Waals surface area contributed by atoms with Crippen LogP contribution >= 0.6 is 0 Å². The maximum atomic E-state index is 13.2. The van der Waals surface area contributed by atoms with Crippen molar-refractivity contribution in [1.29, 1.82) is 0 Å². The van der Waals surface area contributed by atoms with Crippen molar-refractivity contribution in [2.75, 3.05) is 13.1 Å². The summed E-state index contributed by atoms with van der Waals surface area (Å²) < 4.78 is 5.26. The van der Waals surface area contributed by atoms with Crippen molar-refractivity contribution in [2.24, 2.45) is 0 Å². The highest BCUT2D eigenvalue weighted by molar-refractivity contribution is 6.03. The predicted octanol–water partition coefficient (Wildman–Crippen LogP) is 1.22. The van der Waals surface area contributed by atoms with Crippen LogP contribution in [0.15, 0.2) is 36.0 Å². The van der Waals surface area contributed by atoms with E-state index in [4.69, 9.17) is 4.74 Å². The Morgan fingerprint density at radius 2 is 2.00 bits per heavy atom. The summed E-state index contributed by atoms with van der Waals surface area (Å²) in [5, 5.41) is 5.21. The van der Waals surface area contributed by atoms with Gasteiger partial charge in [0.1, 0.15) is 11.7 Å². The first kappa shape index (κ1) is 22.1. The van der Waals surface area contributed by atoms with E-state index < -0.39 is 29.7 Å². The van der Waals surface area contributed by atoms with Gasteiger partial charge in [-0.05, 0) is 25.0 Å². The van der Waals surface area contributed by atoms with Crippen LogP contribution < -0.4 is 10.6 Å². The van der Waals surface area contributed by atoms with Gasteiger partial charge in [0.25, 0.3) is 5.91 Å². The van der Waals surface area contributed by atoms with Gasteiger partial charge in [0, 0.05) is 20.0 Å². The first-order valence-corrected chi connectivity index (χ1v) is 9.64. The van der Waals surface area contributed by atoms with Gasteiger partial charge in [0.2, 0.25) is 11.8 Å². The lowest BCUT2D eigenvalue weighted by atomic mass is 10.1. The van der Waals surface area contributed by atoms with E-state index in [0.717, 1.165) is 5.56 Å². The average molecular weight is 401 g/mol. The van der Waals surface area contributed by atoms with E-state index in [1.165, 1.54) is 11.8 Å². The molecular weight excluding hydrogens is 374 g/mol. The summed E-state index contributed by atoms with van der Waals surface area (Å²) in [5.74, 6) is -1.91. The zero-order chi connectivity index (χ0) is 21.4. The summed E-state index contributed by atoms with van der Waals surface area (Å²) in [6, 6.07) is 8.04. The van der Waals surface area contributed by atoms with Gasteiger partial charge in [-0.25, -0.2) is 0 Å². The number of esters is 1. The van der Waals surface area contributed by atoms with Crippen molar-refractivity contribution in [3.8, 4) is 0 Å². The molecule has 1 fully saturated rings. The molecule has 2 unspecified atom stereocenters. The summed E-state index contributed by atoms with van der Waals surface area (Å²) in [5.41, 5.74) is 0.762. The van der Waals surface area contributed by atoms with Crippen LogP contribution in [0.1, 0.15) is 39.2 Å². The Hall–Kier alpha value is -3.16. The highest BCUT2D eigenvalue weighted by Crippen LogP contribution is 2.16. The van der Waals surface area contributed by atoms with Gasteiger partial charge >= 0.3 is 5.97 Å². The lowest BCUT2D eigenvalue weighted by Gasteiger charge is -2.35. The van der Waals surface area contributed by atoms with Gasteiger partial charge in [0.05, 0.1) is 12.5 Å². The van der Waals surface area contributed by atoms with E-state index in [2.05, 4.69) is 10.6 Å². The minimum Gasteiger partial charge on any atom is -0.463 e. The molecule has 2 rings (SSSR count). The molecule has 0 aliphatic carbocycles. The van der Waals surface area contributed by atoms with Crippen molar-refractivity contribution >= 4 is 29.8 Å². The second-order valence-corrected chi connectivity index (χ2v) is 6.87. The van der Waals surface area contributed by atoms with Crippen LogP contribution in [0.5, 0.6) is 0 Å². The Morgan fingerprint density at radius 3 is 2.62 bits per heavy atom. The molecule has 1 aliphatic rings. The first-order valence-electron chi connectivity index (χ1n) is 9.64. The summed E-state index contributed by atoms with van der Waals surface area (Å²) in [6.07, 6.45) is 1.68. The van der Waals surface area contributed by atoms with E-state index in [-0.39, 0.29) is 31.3 Å². The molecule has 156 valence electrons. The number of ether oxygens (including phenoxy) is 1. The lowest BCUT2D eigenvalue weighted by Crippen LogP contribution is -2.59. The molecular formula is C21H27N3O5. The van der Waals surface area contributed by atoms with Crippen LogP contribution in [-0.4, -0.2) is 53.8 Å². The number of piperazine rings is 1. The largest absolute Gasteiger partial charge is 0.463 e. The van der Waals surface area contributed by atoms with Crippen molar-refractivity contribution in [3.05, 3.63) is 41.6 Å². The number of nitrogens with zero attached hydrogens (tertiary/aromatic N) is 1. The molecule has 2 N–H and O–H groups in total. The van der Waals surface area contributed by atoms with E-state index in [1.54, 1.807) is 25.1 Å². The van der Waals surface area contributed by atoms with E-state index in [1.807, 2.05) is 25.1 Å². The molecule has 1 aromatic carbocycles. The Labute approximate surface area is 170 Å². The Balaban J connectivity index is 2.26. The molecule has 2 atom stereocenters. The molecule has 1 aromatic rings. The number of benzene rings is 1. The first-order chi connectivity index (χ1) is 13.8. The fourth-order valence-electron chi connectivity index (χ4n) is 2.89. The molecule has 0 radical (unpaired) electrons. The zero-order valence-corrected chi connectivity index (χ0v) is 16.9. The van der Waals surface area contributed by atoms with E-state index in [9.17, 15) is 19.2 Å². The number of nitrogens with one attached hydrogen (secondary N) is 2. The fraction of sp³-hybridized carbons (Fsp3) is 0.429. The standard InChI is InChI=1S/C21H27N3O5/c1-4-14(2)29-19(26)13-18-20(27)22-10-11-24(18)21(28)17(23-15(3)25)12-16-8-6-5-7-9-16/h5-9,12,14,18H,4,10-11,13H2,1-3H3,(H,22,27)(H,23,25)/b17-12+. The number of hydrogen-bond acceptors (Lipinski definition) is 5. The predicted molar refractivity (Wildman–Crippen MR) is 107 cm³/mol. The zero-order valence-electron chi connectivity index (χ0n) is 16.9. The van der Waals surface area contributed by atoms with Crippen LogP contribution in [0, 0.1) is 0 Å². The van der Waals surface area contributed by atoms with Gasteiger partial charge in [-0.1, -0.05) is 37.3 Å². The molecule has 3 amide bonds. The minimum absolute atomic E-state index is 0.0405. The van der Waals surface area contributed by atoms with Crippen molar-refractivity contribution in [2.45, 2.75) is 45.8 Å². The molecule has 8 heteroatoms. The number of carbonyl (C=O) groups excluding carboxylic acids is 4. The second-order valence-electron chi connectivity index (χ2n) is 6.87.